The molecule has 3 aromatic rings. The number of hydrazone groups is 1. The molecular weight excluding hydrogens is 453 g/mol. The number of halogens is 2. The third-order valence-corrected chi connectivity index (χ3v) is 4.75. The zero-order valence-electron chi connectivity index (χ0n) is 17.0. The van der Waals surface area contributed by atoms with Crippen LogP contribution in [-0.2, 0) is 16.2 Å². The van der Waals surface area contributed by atoms with Crippen LogP contribution in [0.1, 0.15) is 11.1 Å². The Labute approximate surface area is 194 Å². The molecule has 0 heterocycles. The lowest BCUT2D eigenvalue weighted by Gasteiger charge is -2.11. The Morgan fingerprint density at radius 3 is 2.50 bits per heavy atom. The van der Waals surface area contributed by atoms with E-state index in [2.05, 4.69) is 15.8 Å². The minimum atomic E-state index is -0.966. The number of amides is 2. The molecule has 0 saturated carbocycles. The van der Waals surface area contributed by atoms with Gasteiger partial charge in [-0.05, 0) is 47.5 Å². The fourth-order valence-electron chi connectivity index (χ4n) is 2.61. The lowest BCUT2D eigenvalue weighted by molar-refractivity contribution is -0.136. The third-order valence-electron chi connectivity index (χ3n) is 4.19. The SMILES string of the molecule is COc1cc(/C=N\NC(=O)C(=O)Nc2cc(Cl)ccc2Cl)ccc1OCc1ccccc1. The van der Waals surface area contributed by atoms with Gasteiger partial charge in [-0.3, -0.25) is 9.59 Å². The molecule has 0 spiro atoms. The Hall–Kier alpha value is -3.55. The van der Waals surface area contributed by atoms with Crippen molar-refractivity contribution in [1.29, 1.82) is 0 Å². The van der Waals surface area contributed by atoms with Crippen LogP contribution in [0.5, 0.6) is 11.5 Å². The molecule has 0 saturated heterocycles. The summed E-state index contributed by atoms with van der Waals surface area (Å²) in [7, 11) is 1.53. The van der Waals surface area contributed by atoms with Gasteiger partial charge in [0.05, 0.1) is 24.0 Å². The smallest absolute Gasteiger partial charge is 0.329 e. The second-order valence-electron chi connectivity index (χ2n) is 6.46. The van der Waals surface area contributed by atoms with Gasteiger partial charge in [0.2, 0.25) is 0 Å². The molecule has 0 unspecified atom stereocenters. The summed E-state index contributed by atoms with van der Waals surface area (Å²) in [6.07, 6.45) is 1.38. The normalized spacial score (nSPS) is 10.6. The minimum absolute atomic E-state index is 0.221. The molecule has 3 rings (SSSR count). The zero-order valence-corrected chi connectivity index (χ0v) is 18.5. The number of methoxy groups -OCH3 is 1. The van der Waals surface area contributed by atoms with Crippen molar-refractivity contribution in [2.75, 3.05) is 12.4 Å². The van der Waals surface area contributed by atoms with Crippen molar-refractivity contribution in [2.45, 2.75) is 6.61 Å². The van der Waals surface area contributed by atoms with Crippen molar-refractivity contribution in [3.05, 3.63) is 87.9 Å². The topological polar surface area (TPSA) is 89.0 Å². The Morgan fingerprint density at radius 1 is 0.969 bits per heavy atom. The first-order chi connectivity index (χ1) is 15.5. The van der Waals surface area contributed by atoms with Crippen LogP contribution in [-0.4, -0.2) is 25.1 Å². The van der Waals surface area contributed by atoms with Gasteiger partial charge in [-0.25, -0.2) is 5.43 Å². The van der Waals surface area contributed by atoms with E-state index in [1.165, 1.54) is 25.5 Å². The molecular formula is C23H19Cl2N3O4. The number of anilines is 1. The molecule has 0 radical (unpaired) electrons. The standard InChI is InChI=1S/C23H19Cl2N3O4/c1-31-21-11-16(7-10-20(21)32-14-15-5-3-2-4-6-15)13-26-28-23(30)22(29)27-19-12-17(24)8-9-18(19)25/h2-13H,14H2,1H3,(H,27,29)(H,28,30)/b26-13-. The molecule has 0 aliphatic carbocycles. The van der Waals surface area contributed by atoms with E-state index in [4.69, 9.17) is 32.7 Å². The quantitative estimate of drug-likeness (QED) is 0.297. The van der Waals surface area contributed by atoms with Crippen LogP contribution < -0.4 is 20.2 Å². The van der Waals surface area contributed by atoms with E-state index >= 15 is 0 Å². The summed E-state index contributed by atoms with van der Waals surface area (Å²) in [5, 5.41) is 6.80. The molecule has 164 valence electrons. The first-order valence-electron chi connectivity index (χ1n) is 9.40. The maximum atomic E-state index is 12.0. The number of benzene rings is 3. The van der Waals surface area contributed by atoms with E-state index in [1.807, 2.05) is 30.3 Å². The number of carbonyl (C=O) groups is 2. The fourth-order valence-corrected chi connectivity index (χ4v) is 2.94. The second kappa shape index (κ2) is 11.2. The maximum absolute atomic E-state index is 12.0. The minimum Gasteiger partial charge on any atom is -0.493 e. The molecule has 2 N–H and O–H groups in total. The molecule has 32 heavy (non-hydrogen) atoms. The van der Waals surface area contributed by atoms with Gasteiger partial charge in [0.15, 0.2) is 11.5 Å². The van der Waals surface area contributed by atoms with Crippen molar-refractivity contribution in [3.8, 4) is 11.5 Å². The first kappa shape index (κ1) is 23.1. The van der Waals surface area contributed by atoms with E-state index in [-0.39, 0.29) is 10.7 Å². The Bertz CT molecular complexity index is 1140. The van der Waals surface area contributed by atoms with Crippen molar-refractivity contribution < 1.29 is 19.1 Å². The molecule has 0 aliphatic heterocycles. The third kappa shape index (κ3) is 6.47. The summed E-state index contributed by atoms with van der Waals surface area (Å²) in [5.74, 6) is -0.833. The molecule has 7 nitrogen and oxygen atoms in total. The number of hydrogen-bond acceptors (Lipinski definition) is 5. The molecule has 0 aliphatic rings. The van der Waals surface area contributed by atoms with Crippen LogP contribution in [0.2, 0.25) is 10.0 Å². The van der Waals surface area contributed by atoms with Gasteiger partial charge in [-0.2, -0.15) is 5.10 Å². The van der Waals surface area contributed by atoms with Crippen LogP contribution >= 0.6 is 23.2 Å². The largest absolute Gasteiger partial charge is 0.493 e. The van der Waals surface area contributed by atoms with Gasteiger partial charge in [-0.15, -0.1) is 0 Å². The number of carbonyl (C=O) groups excluding carboxylic acids is 2. The average Bonchev–Trinajstić information content (AvgIpc) is 2.81. The van der Waals surface area contributed by atoms with Gasteiger partial charge in [0.1, 0.15) is 6.61 Å². The van der Waals surface area contributed by atoms with Crippen molar-refractivity contribution in [2.24, 2.45) is 5.10 Å². The molecule has 0 aromatic heterocycles. The summed E-state index contributed by atoms with van der Waals surface area (Å²) >= 11 is 11.8. The average molecular weight is 472 g/mol. The highest BCUT2D eigenvalue weighted by atomic mass is 35.5. The first-order valence-corrected chi connectivity index (χ1v) is 10.2. The highest BCUT2D eigenvalue weighted by Crippen LogP contribution is 2.28. The summed E-state index contributed by atoms with van der Waals surface area (Å²) in [5.41, 5.74) is 4.04. The van der Waals surface area contributed by atoms with E-state index in [1.54, 1.807) is 24.3 Å². The molecule has 0 fully saturated rings. The van der Waals surface area contributed by atoms with Crippen LogP contribution in [0.3, 0.4) is 0 Å². The number of hydrogen-bond donors (Lipinski definition) is 2. The highest BCUT2D eigenvalue weighted by Gasteiger charge is 2.15. The molecule has 0 bridgehead atoms. The number of nitrogens with zero attached hydrogens (tertiary/aromatic N) is 1. The number of ether oxygens (including phenoxy) is 2. The number of nitrogens with one attached hydrogen (secondary N) is 2. The number of rotatable bonds is 7. The summed E-state index contributed by atoms with van der Waals surface area (Å²) in [4.78, 5) is 24.0. The zero-order chi connectivity index (χ0) is 22.9. The molecule has 2 amide bonds. The predicted molar refractivity (Wildman–Crippen MR) is 125 cm³/mol. The van der Waals surface area contributed by atoms with Crippen molar-refractivity contribution in [3.63, 3.8) is 0 Å². The molecule has 0 atom stereocenters. The second-order valence-corrected chi connectivity index (χ2v) is 7.31. The van der Waals surface area contributed by atoms with Gasteiger partial charge < -0.3 is 14.8 Å². The summed E-state index contributed by atoms with van der Waals surface area (Å²) in [6, 6.07) is 19.4. The predicted octanol–water partition coefficient (Wildman–Crippen LogP) is 4.67. The van der Waals surface area contributed by atoms with E-state index in [9.17, 15) is 9.59 Å². The van der Waals surface area contributed by atoms with Crippen LogP contribution in [0.15, 0.2) is 71.8 Å². The summed E-state index contributed by atoms with van der Waals surface area (Å²) < 4.78 is 11.2. The van der Waals surface area contributed by atoms with E-state index < -0.39 is 11.8 Å². The lowest BCUT2D eigenvalue weighted by atomic mass is 10.2. The van der Waals surface area contributed by atoms with Crippen LogP contribution in [0.25, 0.3) is 0 Å². The highest BCUT2D eigenvalue weighted by molar-refractivity contribution is 6.42. The summed E-state index contributed by atoms with van der Waals surface area (Å²) in [6.45, 7) is 0.395. The fraction of sp³-hybridized carbons (Fsp3) is 0.0870. The van der Waals surface area contributed by atoms with Crippen LogP contribution in [0, 0.1) is 0 Å². The van der Waals surface area contributed by atoms with Gasteiger partial charge in [0.25, 0.3) is 0 Å². The van der Waals surface area contributed by atoms with Gasteiger partial charge >= 0.3 is 11.8 Å². The van der Waals surface area contributed by atoms with E-state index in [0.29, 0.717) is 28.7 Å². The van der Waals surface area contributed by atoms with Gasteiger partial charge in [0, 0.05) is 5.02 Å². The molecule has 3 aromatic carbocycles. The Balaban J connectivity index is 1.57. The van der Waals surface area contributed by atoms with Crippen LogP contribution in [0.4, 0.5) is 5.69 Å². The van der Waals surface area contributed by atoms with E-state index in [0.717, 1.165) is 5.56 Å². The monoisotopic (exact) mass is 471 g/mol. The maximum Gasteiger partial charge on any atom is 0.329 e. The van der Waals surface area contributed by atoms with Crippen molar-refractivity contribution in [1.82, 2.24) is 5.43 Å². The van der Waals surface area contributed by atoms with Gasteiger partial charge in [-0.1, -0.05) is 53.5 Å². The Morgan fingerprint density at radius 2 is 1.75 bits per heavy atom. The lowest BCUT2D eigenvalue weighted by Crippen LogP contribution is -2.32. The molecule has 9 heteroatoms. The Kier molecular flexibility index (Phi) is 8.08. The van der Waals surface area contributed by atoms with Crippen molar-refractivity contribution >= 4 is 46.9 Å².